The first-order valence-electron chi connectivity index (χ1n) is 29.9. The summed E-state index contributed by atoms with van der Waals surface area (Å²) in [6, 6.07) is 84.8. The number of para-hydroxylation sites is 2. The van der Waals surface area contributed by atoms with Crippen LogP contribution in [0.2, 0.25) is 0 Å². The molecule has 15 rings (SSSR count). The van der Waals surface area contributed by atoms with Gasteiger partial charge in [-0.25, -0.2) is 9.97 Å². The van der Waals surface area contributed by atoms with E-state index in [1.165, 1.54) is 100 Å². The third-order valence-corrected chi connectivity index (χ3v) is 18.8. The van der Waals surface area contributed by atoms with Gasteiger partial charge in [0.15, 0.2) is 0 Å². The minimum absolute atomic E-state index is 0.165. The third kappa shape index (κ3) is 8.73. The number of rotatable bonds is 10. The number of aryl methyl sites for hydroxylation is 2. The predicted molar refractivity (Wildman–Crippen MR) is 359 cm³/mol. The van der Waals surface area contributed by atoms with Crippen LogP contribution in [0.3, 0.4) is 0 Å². The molecule has 2 aromatic heterocycles. The zero-order valence-corrected chi connectivity index (χ0v) is 49.5. The highest BCUT2D eigenvalue weighted by atomic mass is 15.2. The first kappa shape index (κ1) is 51.9. The molecule has 10 aromatic carbocycles. The molecule has 85 heavy (non-hydrogen) atoms. The van der Waals surface area contributed by atoms with Crippen molar-refractivity contribution in [1.29, 1.82) is 0 Å². The van der Waals surface area contributed by atoms with Crippen molar-refractivity contribution in [3.8, 4) is 33.4 Å². The van der Waals surface area contributed by atoms with Gasteiger partial charge in [-0.1, -0.05) is 223 Å². The molecule has 0 bridgehead atoms. The van der Waals surface area contributed by atoms with Crippen molar-refractivity contribution in [2.75, 3.05) is 9.80 Å². The summed E-state index contributed by atoms with van der Waals surface area (Å²) in [5.74, 6) is 1.80. The van der Waals surface area contributed by atoms with Crippen LogP contribution in [0.15, 0.2) is 231 Å². The lowest BCUT2D eigenvalue weighted by atomic mass is 9.81. The number of anilines is 6. The van der Waals surface area contributed by atoms with E-state index < -0.39 is 0 Å². The smallest absolute Gasteiger partial charge is 0.138 e. The van der Waals surface area contributed by atoms with E-state index in [-0.39, 0.29) is 16.2 Å². The average molecular weight is 1100 g/mol. The highest BCUT2D eigenvalue weighted by Crippen LogP contribution is 2.54. The molecule has 3 aliphatic rings. The SMILES string of the molecule is Cc1ccc(N(c2ccc3c(c2)C(C)(C)c2cc(C=Cc4ccc5c(c4)C(C)(C)c4cc(C=Cc6ccc7c(c6)C(C)(C)c6cc(N(c8ccc(C)cc8)c8ccc9ccccc9n8)ccc6-7)ccc4-5)ccc2-3)c2ccc3ccccc3n2)cc1. The van der Waals surface area contributed by atoms with E-state index >= 15 is 0 Å². The number of hydrogen-bond acceptors (Lipinski definition) is 4. The van der Waals surface area contributed by atoms with Gasteiger partial charge in [0.2, 0.25) is 0 Å². The van der Waals surface area contributed by atoms with Gasteiger partial charge in [0, 0.05) is 49.8 Å². The molecule has 4 nitrogen and oxygen atoms in total. The van der Waals surface area contributed by atoms with Crippen LogP contribution in [0.25, 0.3) is 79.5 Å². The van der Waals surface area contributed by atoms with Crippen molar-refractivity contribution in [2.24, 2.45) is 0 Å². The van der Waals surface area contributed by atoms with Gasteiger partial charge in [0.05, 0.1) is 11.0 Å². The molecule has 0 saturated carbocycles. The molecule has 0 saturated heterocycles. The number of fused-ring (bicyclic) bond motifs is 11. The van der Waals surface area contributed by atoms with E-state index in [2.05, 4.69) is 320 Å². The highest BCUT2D eigenvalue weighted by Gasteiger charge is 2.39. The highest BCUT2D eigenvalue weighted by molar-refractivity contribution is 5.92. The van der Waals surface area contributed by atoms with Crippen LogP contribution in [-0.4, -0.2) is 9.97 Å². The van der Waals surface area contributed by atoms with E-state index in [9.17, 15) is 0 Å². The molecule has 0 N–H and O–H groups in total. The molecule has 0 spiro atoms. The van der Waals surface area contributed by atoms with Crippen LogP contribution in [0, 0.1) is 13.8 Å². The topological polar surface area (TPSA) is 32.3 Å². The summed E-state index contributed by atoms with van der Waals surface area (Å²) in [7, 11) is 0. The van der Waals surface area contributed by atoms with E-state index in [4.69, 9.17) is 9.97 Å². The summed E-state index contributed by atoms with van der Waals surface area (Å²) in [6.07, 6.45) is 9.15. The molecule has 0 atom stereocenters. The van der Waals surface area contributed by atoms with E-state index in [0.29, 0.717) is 0 Å². The van der Waals surface area contributed by atoms with E-state index in [1.807, 2.05) is 0 Å². The van der Waals surface area contributed by atoms with Gasteiger partial charge in [-0.2, -0.15) is 0 Å². The van der Waals surface area contributed by atoms with Crippen molar-refractivity contribution < 1.29 is 0 Å². The van der Waals surface area contributed by atoms with Gasteiger partial charge in [-0.3, -0.25) is 9.80 Å². The molecule has 0 fully saturated rings. The Hall–Kier alpha value is -9.90. The van der Waals surface area contributed by atoms with Crippen molar-refractivity contribution >= 4 is 80.5 Å². The van der Waals surface area contributed by atoms with Crippen LogP contribution in [0.4, 0.5) is 34.4 Å². The average Bonchev–Trinajstić information content (AvgIpc) is 1.96. The van der Waals surface area contributed by atoms with E-state index in [0.717, 1.165) is 56.2 Å². The fraction of sp³-hybridized carbons (Fsp3) is 0.136. The van der Waals surface area contributed by atoms with Gasteiger partial charge >= 0.3 is 0 Å². The summed E-state index contributed by atoms with van der Waals surface area (Å²) < 4.78 is 0. The Labute approximate surface area is 499 Å². The zero-order valence-electron chi connectivity index (χ0n) is 49.5. The molecular formula is C81H66N4. The zero-order chi connectivity index (χ0) is 57.9. The minimum atomic E-state index is -0.211. The van der Waals surface area contributed by atoms with Gasteiger partial charge < -0.3 is 0 Å². The molecule has 2 heterocycles. The molecule has 4 heteroatoms. The maximum atomic E-state index is 5.19. The number of pyridine rings is 2. The van der Waals surface area contributed by atoms with Gasteiger partial charge in [-0.15, -0.1) is 0 Å². The summed E-state index contributed by atoms with van der Waals surface area (Å²) in [4.78, 5) is 15.0. The second-order valence-electron chi connectivity index (χ2n) is 25.3. The summed E-state index contributed by atoms with van der Waals surface area (Å²) in [5, 5.41) is 2.26. The number of hydrogen-bond donors (Lipinski definition) is 0. The van der Waals surface area contributed by atoms with Crippen molar-refractivity contribution in [3.63, 3.8) is 0 Å². The quantitative estimate of drug-likeness (QED) is 0.128. The van der Waals surface area contributed by atoms with Crippen LogP contribution in [-0.2, 0) is 16.2 Å². The molecule has 0 aliphatic heterocycles. The fourth-order valence-corrected chi connectivity index (χ4v) is 13.9. The maximum Gasteiger partial charge on any atom is 0.138 e. The van der Waals surface area contributed by atoms with Gasteiger partial charge in [-0.05, 0) is 188 Å². The first-order chi connectivity index (χ1) is 41.1. The van der Waals surface area contributed by atoms with Crippen molar-refractivity contribution in [2.45, 2.75) is 71.6 Å². The lowest BCUT2D eigenvalue weighted by molar-refractivity contribution is 0.660. The molecular weight excluding hydrogens is 1030 g/mol. The van der Waals surface area contributed by atoms with Crippen molar-refractivity contribution in [1.82, 2.24) is 9.97 Å². The molecule has 3 aliphatic carbocycles. The normalized spacial score (nSPS) is 14.5. The number of benzene rings is 10. The largest absolute Gasteiger partial charge is 0.295 e. The standard InChI is InChI=1S/C81H66N4/c1-51-17-31-59(32-18-51)84(77-43-29-57-13-9-11-15-75(57)82-77)61-35-41-67-65-39-27-55(47-71(65)80(5,6)73(67)49-61)23-21-53-25-37-63-64-38-26-54(46-70(64)79(3,4)69(63)45-53)22-24-56-28-40-66-68-42-36-62(50-74(68)81(7,8)72(66)48-56)85(60-33-19-52(2)20-34-60)78-44-30-58-14-10-12-16-76(58)83-78/h9-50H,1-8H3. The second-order valence-corrected chi connectivity index (χ2v) is 25.3. The van der Waals surface area contributed by atoms with Gasteiger partial charge in [0.25, 0.3) is 0 Å². The number of nitrogens with zero attached hydrogens (tertiary/aromatic N) is 4. The van der Waals surface area contributed by atoms with Crippen molar-refractivity contribution in [3.05, 3.63) is 297 Å². The van der Waals surface area contributed by atoms with Crippen LogP contribution >= 0.6 is 0 Å². The Morgan fingerprint density at radius 2 is 0.565 bits per heavy atom. The second kappa shape index (κ2) is 19.6. The summed E-state index contributed by atoms with van der Waals surface area (Å²) in [5.41, 5.74) is 28.9. The molecule has 410 valence electrons. The van der Waals surface area contributed by atoms with Crippen LogP contribution in [0.5, 0.6) is 0 Å². The predicted octanol–water partition coefficient (Wildman–Crippen LogP) is 21.6. The third-order valence-electron chi connectivity index (χ3n) is 18.8. The molecule has 0 amide bonds. The Bertz CT molecular complexity index is 4460. The Balaban J connectivity index is 0.666. The lowest BCUT2D eigenvalue weighted by Gasteiger charge is -2.27. The Morgan fingerprint density at radius 3 is 0.894 bits per heavy atom. The van der Waals surface area contributed by atoms with Crippen LogP contribution in [0.1, 0.15) is 108 Å². The maximum absolute atomic E-state index is 5.19. The monoisotopic (exact) mass is 1090 g/mol. The molecule has 12 aromatic rings. The minimum Gasteiger partial charge on any atom is -0.295 e. The van der Waals surface area contributed by atoms with Gasteiger partial charge in [0.1, 0.15) is 11.6 Å². The molecule has 0 radical (unpaired) electrons. The summed E-state index contributed by atoms with van der Waals surface area (Å²) >= 11 is 0. The Kier molecular flexibility index (Phi) is 12.0. The Morgan fingerprint density at radius 1 is 0.282 bits per heavy atom. The number of aromatic nitrogens is 2. The fourth-order valence-electron chi connectivity index (χ4n) is 13.9. The summed E-state index contributed by atoms with van der Waals surface area (Å²) in [6.45, 7) is 18.5. The van der Waals surface area contributed by atoms with Crippen LogP contribution < -0.4 is 9.80 Å². The first-order valence-corrected chi connectivity index (χ1v) is 29.9. The lowest BCUT2D eigenvalue weighted by Crippen LogP contribution is -2.17. The molecule has 0 unspecified atom stereocenters. The van der Waals surface area contributed by atoms with E-state index in [1.54, 1.807) is 0 Å².